The van der Waals surface area contributed by atoms with Gasteiger partial charge in [0.2, 0.25) is 26.6 Å². The van der Waals surface area contributed by atoms with Gasteiger partial charge in [-0.15, -0.1) is 6.58 Å². The summed E-state index contributed by atoms with van der Waals surface area (Å²) in [5.74, 6) is 0.299. The van der Waals surface area contributed by atoms with Gasteiger partial charge in [-0.3, -0.25) is 0 Å². The summed E-state index contributed by atoms with van der Waals surface area (Å²) in [4.78, 5) is 4.31. The van der Waals surface area contributed by atoms with Crippen molar-refractivity contribution in [1.82, 2.24) is 4.98 Å². The van der Waals surface area contributed by atoms with E-state index in [-0.39, 0.29) is 21.7 Å². The van der Waals surface area contributed by atoms with Gasteiger partial charge in [-0.1, -0.05) is 35.9 Å². The van der Waals surface area contributed by atoms with Crippen LogP contribution in [0, 0.1) is 0 Å². The van der Waals surface area contributed by atoms with E-state index in [1.54, 1.807) is 18.2 Å². The lowest BCUT2D eigenvalue weighted by Crippen LogP contribution is -2.07. The van der Waals surface area contributed by atoms with Gasteiger partial charge in [-0.05, 0) is 36.4 Å². The van der Waals surface area contributed by atoms with Crippen LogP contribution in [-0.2, 0) is 9.84 Å². The molecule has 128 valence electrons. The fraction of sp³-hybridized carbons (Fsp3) is 0.0556. The molecule has 0 aliphatic heterocycles. The van der Waals surface area contributed by atoms with E-state index in [9.17, 15) is 8.42 Å². The molecule has 0 saturated heterocycles. The van der Waals surface area contributed by atoms with Crippen LogP contribution >= 0.6 is 11.6 Å². The Morgan fingerprint density at radius 2 is 1.80 bits per heavy atom. The Morgan fingerprint density at radius 1 is 1.12 bits per heavy atom. The van der Waals surface area contributed by atoms with Gasteiger partial charge < -0.3 is 9.73 Å². The number of nitrogens with zero attached hydrogens (tertiary/aromatic N) is 1. The van der Waals surface area contributed by atoms with Gasteiger partial charge in [0.05, 0.1) is 4.90 Å². The van der Waals surface area contributed by atoms with E-state index in [0.717, 1.165) is 0 Å². The molecule has 0 saturated carbocycles. The molecule has 5 nitrogen and oxygen atoms in total. The Kier molecular flexibility index (Phi) is 4.92. The first-order valence-corrected chi connectivity index (χ1v) is 9.30. The van der Waals surface area contributed by atoms with Crippen LogP contribution in [0.25, 0.3) is 11.5 Å². The number of hydrogen-bond acceptors (Lipinski definition) is 5. The fourth-order valence-electron chi connectivity index (χ4n) is 2.19. The van der Waals surface area contributed by atoms with Crippen molar-refractivity contribution in [2.24, 2.45) is 0 Å². The summed E-state index contributed by atoms with van der Waals surface area (Å²) >= 11 is 5.84. The first-order chi connectivity index (χ1) is 12.0. The number of oxazole rings is 1. The molecule has 7 heteroatoms. The maximum Gasteiger partial charge on any atom is 0.234 e. The van der Waals surface area contributed by atoms with Gasteiger partial charge in [0.25, 0.3) is 0 Å². The third kappa shape index (κ3) is 3.60. The summed E-state index contributed by atoms with van der Waals surface area (Å²) < 4.78 is 31.5. The summed E-state index contributed by atoms with van der Waals surface area (Å²) in [6, 6.07) is 15.0. The van der Waals surface area contributed by atoms with Gasteiger partial charge in [0.1, 0.15) is 0 Å². The van der Waals surface area contributed by atoms with Crippen molar-refractivity contribution in [3.05, 3.63) is 72.3 Å². The summed E-state index contributed by atoms with van der Waals surface area (Å²) in [5, 5.41) is 3.17. The standard InChI is InChI=1S/C18H15ClN2O3S/c1-2-12-20-17-18(21-16(24-17)13-6-4-3-5-7-13)25(22,23)15-10-8-14(19)9-11-15/h2-11,20H,1,12H2. The van der Waals surface area contributed by atoms with E-state index in [1.807, 2.05) is 18.2 Å². The molecular formula is C18H15ClN2O3S. The Hall–Kier alpha value is -2.57. The van der Waals surface area contributed by atoms with Gasteiger partial charge in [-0.25, -0.2) is 8.42 Å². The third-order valence-corrected chi connectivity index (χ3v) is 5.33. The SMILES string of the molecule is C=CCNc1oc(-c2ccccc2)nc1S(=O)(=O)c1ccc(Cl)cc1. The van der Waals surface area contributed by atoms with Crippen molar-refractivity contribution in [2.45, 2.75) is 9.92 Å². The van der Waals surface area contributed by atoms with Gasteiger partial charge in [0.15, 0.2) is 0 Å². The second-order valence-electron chi connectivity index (χ2n) is 5.15. The number of benzene rings is 2. The van der Waals surface area contributed by atoms with Crippen molar-refractivity contribution < 1.29 is 12.8 Å². The van der Waals surface area contributed by atoms with Crippen molar-refractivity contribution in [3.8, 4) is 11.5 Å². The maximum atomic E-state index is 12.9. The first kappa shape index (κ1) is 17.3. The van der Waals surface area contributed by atoms with Gasteiger partial charge in [-0.2, -0.15) is 4.98 Å². The topological polar surface area (TPSA) is 72.2 Å². The number of aromatic nitrogens is 1. The zero-order valence-corrected chi connectivity index (χ0v) is 14.7. The van der Waals surface area contributed by atoms with Crippen LogP contribution in [0.1, 0.15) is 0 Å². The summed E-state index contributed by atoms with van der Waals surface area (Å²) in [5.41, 5.74) is 0.682. The molecular weight excluding hydrogens is 360 g/mol. The molecule has 0 radical (unpaired) electrons. The van der Waals surface area contributed by atoms with Crippen LogP contribution in [0.5, 0.6) is 0 Å². The molecule has 0 atom stereocenters. The summed E-state index contributed by atoms with van der Waals surface area (Å²) in [6.07, 6.45) is 1.60. The average Bonchev–Trinajstić information content (AvgIpc) is 3.06. The predicted octanol–water partition coefficient (Wildman–Crippen LogP) is 4.43. The first-order valence-electron chi connectivity index (χ1n) is 7.44. The molecule has 0 amide bonds. The van der Waals surface area contributed by atoms with E-state index in [1.165, 1.54) is 24.3 Å². The minimum absolute atomic E-state index is 0.0775. The minimum Gasteiger partial charge on any atom is -0.419 e. The van der Waals surface area contributed by atoms with Gasteiger partial charge >= 0.3 is 0 Å². The smallest absolute Gasteiger partial charge is 0.234 e. The van der Waals surface area contributed by atoms with Crippen LogP contribution in [0.4, 0.5) is 5.88 Å². The molecule has 0 bridgehead atoms. The van der Waals surface area contributed by atoms with Crippen molar-refractivity contribution in [1.29, 1.82) is 0 Å². The quantitative estimate of drug-likeness (QED) is 0.646. The minimum atomic E-state index is -3.86. The zero-order chi connectivity index (χ0) is 17.9. The second-order valence-corrected chi connectivity index (χ2v) is 7.45. The monoisotopic (exact) mass is 374 g/mol. The van der Waals surface area contributed by atoms with Crippen molar-refractivity contribution in [2.75, 3.05) is 11.9 Å². The number of anilines is 1. The number of nitrogens with one attached hydrogen (secondary N) is 1. The van der Waals surface area contributed by atoms with Gasteiger partial charge in [0, 0.05) is 17.1 Å². The average molecular weight is 375 g/mol. The van der Waals surface area contributed by atoms with Crippen LogP contribution in [0.2, 0.25) is 5.02 Å². The highest BCUT2D eigenvalue weighted by atomic mass is 35.5. The highest BCUT2D eigenvalue weighted by Gasteiger charge is 2.28. The predicted molar refractivity (Wildman–Crippen MR) is 97.5 cm³/mol. The van der Waals surface area contributed by atoms with Crippen LogP contribution < -0.4 is 5.32 Å². The highest BCUT2D eigenvalue weighted by molar-refractivity contribution is 7.91. The Labute approximate surface area is 150 Å². The Bertz CT molecular complexity index is 981. The Morgan fingerprint density at radius 3 is 2.44 bits per heavy atom. The van der Waals surface area contributed by atoms with Crippen LogP contribution in [-0.4, -0.2) is 19.9 Å². The molecule has 1 N–H and O–H groups in total. The fourth-order valence-corrected chi connectivity index (χ4v) is 3.60. The van der Waals surface area contributed by atoms with E-state index in [4.69, 9.17) is 16.0 Å². The maximum absolute atomic E-state index is 12.9. The summed E-state index contributed by atoms with van der Waals surface area (Å²) in [6.45, 7) is 3.95. The summed E-state index contributed by atoms with van der Waals surface area (Å²) in [7, 11) is -3.86. The van der Waals surface area contributed by atoms with E-state index >= 15 is 0 Å². The molecule has 1 heterocycles. The lowest BCUT2D eigenvalue weighted by atomic mass is 10.2. The lowest BCUT2D eigenvalue weighted by molar-refractivity contribution is 0.579. The molecule has 0 spiro atoms. The zero-order valence-electron chi connectivity index (χ0n) is 13.1. The van der Waals surface area contributed by atoms with E-state index < -0.39 is 9.84 Å². The van der Waals surface area contributed by atoms with Crippen LogP contribution in [0.3, 0.4) is 0 Å². The van der Waals surface area contributed by atoms with Crippen molar-refractivity contribution in [3.63, 3.8) is 0 Å². The molecule has 0 unspecified atom stereocenters. The van der Waals surface area contributed by atoms with Crippen LogP contribution in [0.15, 0.2) is 81.6 Å². The molecule has 2 aromatic carbocycles. The molecule has 0 aliphatic rings. The number of rotatable bonds is 6. The molecule has 0 fully saturated rings. The molecule has 25 heavy (non-hydrogen) atoms. The third-order valence-electron chi connectivity index (χ3n) is 3.40. The normalized spacial score (nSPS) is 11.2. The lowest BCUT2D eigenvalue weighted by Gasteiger charge is -2.04. The molecule has 3 rings (SSSR count). The van der Waals surface area contributed by atoms with E-state index in [2.05, 4.69) is 16.9 Å². The Balaban J connectivity index is 2.11. The number of halogens is 1. The largest absolute Gasteiger partial charge is 0.419 e. The second kappa shape index (κ2) is 7.13. The molecule has 0 aliphatic carbocycles. The molecule has 3 aromatic rings. The number of hydrogen-bond donors (Lipinski definition) is 1. The number of sulfone groups is 1. The highest BCUT2D eigenvalue weighted by Crippen LogP contribution is 2.32. The van der Waals surface area contributed by atoms with E-state index in [0.29, 0.717) is 17.1 Å². The molecule has 1 aromatic heterocycles. The van der Waals surface area contributed by atoms with Crippen molar-refractivity contribution >= 4 is 27.3 Å².